The number of hydrogen-bond donors (Lipinski definition) is 3. The molecule has 1 saturated carbocycles. The van der Waals surface area contributed by atoms with Crippen LogP contribution in [0.1, 0.15) is 31.2 Å². The summed E-state index contributed by atoms with van der Waals surface area (Å²) in [6.45, 7) is 2.06. The van der Waals surface area contributed by atoms with Gasteiger partial charge in [-0.25, -0.2) is 4.79 Å². The lowest BCUT2D eigenvalue weighted by molar-refractivity contribution is 0.156. The predicted molar refractivity (Wildman–Crippen MR) is 82.7 cm³/mol. The van der Waals surface area contributed by atoms with Crippen LogP contribution in [-0.4, -0.2) is 30.9 Å². The van der Waals surface area contributed by atoms with E-state index in [9.17, 15) is 9.90 Å². The molecule has 2 amide bonds. The van der Waals surface area contributed by atoms with E-state index in [1.54, 1.807) is 7.11 Å². The molecule has 1 fully saturated rings. The first-order chi connectivity index (χ1) is 10.1. The number of aryl methyl sites for hydroxylation is 1. The average molecular weight is 292 g/mol. The third-order valence-corrected chi connectivity index (χ3v) is 4.14. The smallest absolute Gasteiger partial charge is 0.319 e. The number of amides is 2. The van der Waals surface area contributed by atoms with E-state index in [0.29, 0.717) is 0 Å². The maximum atomic E-state index is 12.1. The van der Waals surface area contributed by atoms with Crippen LogP contribution in [0.4, 0.5) is 10.5 Å². The van der Waals surface area contributed by atoms with E-state index in [1.807, 2.05) is 25.1 Å². The Morgan fingerprint density at radius 3 is 2.81 bits per heavy atom. The summed E-state index contributed by atoms with van der Waals surface area (Å²) in [7, 11) is 1.62. The number of aliphatic hydroxyl groups is 1. The zero-order valence-electron chi connectivity index (χ0n) is 12.7. The Labute approximate surface area is 125 Å². The summed E-state index contributed by atoms with van der Waals surface area (Å²) in [6.07, 6.45) is 4.13. The molecule has 1 aliphatic carbocycles. The standard InChI is InChI=1S/C16H24N2O3/c1-11-9-13(21-2)7-8-14(11)17-16(20)18-15-6-4-3-5-12(15)10-19/h7-9,12,15,19H,3-6,10H2,1-2H3,(H2,17,18,20). The molecule has 0 bridgehead atoms. The zero-order chi connectivity index (χ0) is 15.2. The molecule has 0 spiro atoms. The molecule has 1 aliphatic rings. The van der Waals surface area contributed by atoms with Crippen molar-refractivity contribution in [2.24, 2.45) is 5.92 Å². The van der Waals surface area contributed by atoms with Crippen LogP contribution in [0.15, 0.2) is 18.2 Å². The molecule has 3 N–H and O–H groups in total. The first kappa shape index (κ1) is 15.6. The lowest BCUT2D eigenvalue weighted by Crippen LogP contribution is -2.45. The molecule has 1 aromatic carbocycles. The number of urea groups is 1. The minimum Gasteiger partial charge on any atom is -0.497 e. The number of carbonyl (C=O) groups is 1. The lowest BCUT2D eigenvalue weighted by atomic mass is 9.85. The Hall–Kier alpha value is -1.75. The highest BCUT2D eigenvalue weighted by atomic mass is 16.5. The molecule has 2 atom stereocenters. The van der Waals surface area contributed by atoms with Gasteiger partial charge < -0.3 is 20.5 Å². The van der Waals surface area contributed by atoms with Gasteiger partial charge in [0.25, 0.3) is 0 Å². The topological polar surface area (TPSA) is 70.6 Å². The minimum atomic E-state index is -0.214. The van der Waals surface area contributed by atoms with E-state index < -0.39 is 0 Å². The fourth-order valence-corrected chi connectivity index (χ4v) is 2.85. The number of benzene rings is 1. The van der Waals surface area contributed by atoms with E-state index in [2.05, 4.69) is 10.6 Å². The van der Waals surface area contributed by atoms with Crippen LogP contribution in [0.25, 0.3) is 0 Å². The van der Waals surface area contributed by atoms with Gasteiger partial charge in [0.1, 0.15) is 5.75 Å². The largest absolute Gasteiger partial charge is 0.497 e. The third kappa shape index (κ3) is 4.11. The fourth-order valence-electron chi connectivity index (χ4n) is 2.85. The monoisotopic (exact) mass is 292 g/mol. The first-order valence-corrected chi connectivity index (χ1v) is 7.47. The molecule has 2 rings (SSSR count). The van der Waals surface area contributed by atoms with Gasteiger partial charge in [0.2, 0.25) is 0 Å². The second-order valence-corrected chi connectivity index (χ2v) is 5.61. The Morgan fingerprint density at radius 2 is 2.14 bits per heavy atom. The maximum absolute atomic E-state index is 12.1. The summed E-state index contributed by atoms with van der Waals surface area (Å²) in [4.78, 5) is 12.1. The van der Waals surface area contributed by atoms with Crippen molar-refractivity contribution in [3.63, 3.8) is 0 Å². The second-order valence-electron chi connectivity index (χ2n) is 5.61. The van der Waals surface area contributed by atoms with Crippen LogP contribution in [-0.2, 0) is 0 Å². The number of methoxy groups -OCH3 is 1. The van der Waals surface area contributed by atoms with E-state index in [0.717, 1.165) is 42.7 Å². The molecule has 5 heteroatoms. The summed E-state index contributed by atoms with van der Waals surface area (Å²) in [5.74, 6) is 0.938. The first-order valence-electron chi connectivity index (χ1n) is 7.47. The zero-order valence-corrected chi connectivity index (χ0v) is 12.7. The maximum Gasteiger partial charge on any atom is 0.319 e. The highest BCUT2D eigenvalue weighted by molar-refractivity contribution is 5.90. The van der Waals surface area contributed by atoms with Gasteiger partial charge in [-0.2, -0.15) is 0 Å². The van der Waals surface area contributed by atoms with Crippen LogP contribution in [0, 0.1) is 12.8 Å². The van der Waals surface area contributed by atoms with Gasteiger partial charge in [0.15, 0.2) is 0 Å². The average Bonchev–Trinajstić information content (AvgIpc) is 2.49. The van der Waals surface area contributed by atoms with Crippen molar-refractivity contribution in [2.45, 2.75) is 38.6 Å². The Morgan fingerprint density at radius 1 is 1.38 bits per heavy atom. The quantitative estimate of drug-likeness (QED) is 0.799. The number of anilines is 1. The molecule has 116 valence electrons. The predicted octanol–water partition coefficient (Wildman–Crippen LogP) is 2.68. The Bertz CT molecular complexity index is 490. The number of ether oxygens (including phenoxy) is 1. The van der Waals surface area contributed by atoms with E-state index in [-0.39, 0.29) is 24.6 Å². The van der Waals surface area contributed by atoms with Crippen molar-refractivity contribution in [2.75, 3.05) is 19.0 Å². The van der Waals surface area contributed by atoms with Crippen LogP contribution in [0.2, 0.25) is 0 Å². The summed E-state index contributed by atoms with van der Waals surface area (Å²) in [5.41, 5.74) is 1.72. The lowest BCUT2D eigenvalue weighted by Gasteiger charge is -2.30. The van der Waals surface area contributed by atoms with E-state index in [4.69, 9.17) is 4.74 Å². The fraction of sp³-hybridized carbons (Fsp3) is 0.562. The number of hydrogen-bond acceptors (Lipinski definition) is 3. The van der Waals surface area contributed by atoms with Crippen molar-refractivity contribution < 1.29 is 14.6 Å². The van der Waals surface area contributed by atoms with E-state index >= 15 is 0 Å². The minimum absolute atomic E-state index is 0.0577. The summed E-state index contributed by atoms with van der Waals surface area (Å²) in [6, 6.07) is 5.38. The second kappa shape index (κ2) is 7.31. The molecular formula is C16H24N2O3. The van der Waals surface area contributed by atoms with Crippen molar-refractivity contribution in [1.82, 2.24) is 5.32 Å². The van der Waals surface area contributed by atoms with Crippen molar-refractivity contribution in [1.29, 1.82) is 0 Å². The highest BCUT2D eigenvalue weighted by Crippen LogP contribution is 2.24. The third-order valence-electron chi connectivity index (χ3n) is 4.14. The van der Waals surface area contributed by atoms with Crippen LogP contribution >= 0.6 is 0 Å². The molecule has 2 unspecified atom stereocenters. The van der Waals surface area contributed by atoms with Crippen LogP contribution in [0.3, 0.4) is 0 Å². The van der Waals surface area contributed by atoms with Gasteiger partial charge in [0, 0.05) is 24.3 Å². The van der Waals surface area contributed by atoms with Gasteiger partial charge in [-0.1, -0.05) is 12.8 Å². The van der Waals surface area contributed by atoms with E-state index in [1.165, 1.54) is 0 Å². The van der Waals surface area contributed by atoms with Crippen molar-refractivity contribution in [3.8, 4) is 5.75 Å². The summed E-state index contributed by atoms with van der Waals surface area (Å²) >= 11 is 0. The SMILES string of the molecule is COc1ccc(NC(=O)NC2CCCCC2CO)c(C)c1. The summed E-state index contributed by atoms with van der Waals surface area (Å²) in [5, 5.41) is 15.2. The van der Waals surface area contributed by atoms with Gasteiger partial charge in [-0.15, -0.1) is 0 Å². The number of rotatable bonds is 4. The normalized spacial score (nSPS) is 21.7. The molecule has 5 nitrogen and oxygen atoms in total. The molecule has 0 saturated heterocycles. The van der Waals surface area contributed by atoms with Gasteiger partial charge in [-0.05, 0) is 43.5 Å². The van der Waals surface area contributed by atoms with Gasteiger partial charge >= 0.3 is 6.03 Å². The number of nitrogens with one attached hydrogen (secondary N) is 2. The molecular weight excluding hydrogens is 268 g/mol. The molecule has 0 radical (unpaired) electrons. The molecule has 1 aromatic rings. The molecule has 0 heterocycles. The van der Waals surface area contributed by atoms with Crippen LogP contribution < -0.4 is 15.4 Å². The van der Waals surface area contributed by atoms with Gasteiger partial charge in [-0.3, -0.25) is 0 Å². The number of carbonyl (C=O) groups excluding carboxylic acids is 1. The van der Waals surface area contributed by atoms with Crippen LogP contribution in [0.5, 0.6) is 5.75 Å². The molecule has 0 aliphatic heterocycles. The Kier molecular flexibility index (Phi) is 5.44. The van der Waals surface area contributed by atoms with Crippen molar-refractivity contribution in [3.05, 3.63) is 23.8 Å². The summed E-state index contributed by atoms with van der Waals surface area (Å²) < 4.78 is 5.15. The highest BCUT2D eigenvalue weighted by Gasteiger charge is 2.25. The Balaban J connectivity index is 1.95. The molecule has 0 aromatic heterocycles. The van der Waals surface area contributed by atoms with Gasteiger partial charge in [0.05, 0.1) is 7.11 Å². The number of aliphatic hydroxyl groups excluding tert-OH is 1. The van der Waals surface area contributed by atoms with Crippen molar-refractivity contribution >= 4 is 11.7 Å². The molecule has 21 heavy (non-hydrogen) atoms.